The van der Waals surface area contributed by atoms with Gasteiger partial charge in [-0.15, -0.1) is 0 Å². The normalized spacial score (nSPS) is 11.0. The molecule has 100 valence electrons. The van der Waals surface area contributed by atoms with Gasteiger partial charge in [0, 0.05) is 0 Å². The van der Waals surface area contributed by atoms with Crippen molar-refractivity contribution in [2.24, 2.45) is 5.73 Å². The minimum absolute atomic E-state index is 0.0366. The van der Waals surface area contributed by atoms with Gasteiger partial charge in [-0.05, 0) is 17.7 Å². The van der Waals surface area contributed by atoms with Crippen LogP contribution in [0.4, 0.5) is 0 Å². The number of rotatable bonds is 6. The molecule has 8 heteroatoms. The Morgan fingerprint density at radius 2 is 2.06 bits per heavy atom. The van der Waals surface area contributed by atoms with Gasteiger partial charge >= 0.3 is 10.1 Å². The molecule has 0 aliphatic rings. The first kappa shape index (κ1) is 14.3. The highest BCUT2D eigenvalue weighted by molar-refractivity contribution is 7.85. The second-order valence-electron chi connectivity index (χ2n) is 3.47. The molecule has 0 radical (unpaired) electrons. The van der Waals surface area contributed by atoms with Gasteiger partial charge < -0.3 is 15.2 Å². The number of hydrogen-bond donors (Lipinski definition) is 2. The molecule has 0 saturated heterocycles. The van der Waals surface area contributed by atoms with E-state index < -0.39 is 22.0 Å². The van der Waals surface area contributed by atoms with Crippen LogP contribution in [0.5, 0.6) is 11.5 Å². The number of primary amides is 1. The lowest BCUT2D eigenvalue weighted by molar-refractivity contribution is -0.117. The third-order valence-electron chi connectivity index (χ3n) is 1.97. The molecule has 0 aliphatic heterocycles. The molecule has 0 aromatic heterocycles. The van der Waals surface area contributed by atoms with Crippen LogP contribution in [0.1, 0.15) is 5.56 Å². The Kier molecular flexibility index (Phi) is 4.51. The summed E-state index contributed by atoms with van der Waals surface area (Å²) in [5, 5.41) is 0. The largest absolute Gasteiger partial charge is 0.493 e. The first-order valence-electron chi connectivity index (χ1n) is 4.85. The van der Waals surface area contributed by atoms with E-state index in [9.17, 15) is 13.2 Å². The number of methoxy groups -OCH3 is 1. The van der Waals surface area contributed by atoms with E-state index in [2.05, 4.69) is 0 Å². The Morgan fingerprint density at radius 3 is 2.56 bits per heavy atom. The average molecular weight is 275 g/mol. The van der Waals surface area contributed by atoms with Crippen molar-refractivity contribution < 1.29 is 27.2 Å². The fraction of sp³-hybridized carbons (Fsp3) is 0.300. The zero-order valence-electron chi connectivity index (χ0n) is 9.62. The third-order valence-corrected chi connectivity index (χ3v) is 2.39. The summed E-state index contributed by atoms with van der Waals surface area (Å²) in [5.41, 5.74) is 5.66. The van der Waals surface area contributed by atoms with E-state index in [0.29, 0.717) is 5.56 Å². The Balaban J connectivity index is 2.89. The molecule has 18 heavy (non-hydrogen) atoms. The Labute approximate surface area is 104 Å². The van der Waals surface area contributed by atoms with Crippen LogP contribution in [-0.2, 0) is 21.3 Å². The average Bonchev–Trinajstić information content (AvgIpc) is 2.25. The molecule has 0 heterocycles. The molecule has 0 saturated carbocycles. The number of benzene rings is 1. The van der Waals surface area contributed by atoms with Gasteiger partial charge in [0.1, 0.15) is 0 Å². The second kappa shape index (κ2) is 5.69. The molecule has 1 aromatic carbocycles. The van der Waals surface area contributed by atoms with Crippen molar-refractivity contribution in [3.8, 4) is 11.5 Å². The molecule has 0 fully saturated rings. The summed E-state index contributed by atoms with van der Waals surface area (Å²) in [7, 11) is -2.86. The summed E-state index contributed by atoms with van der Waals surface area (Å²) in [5.74, 6) is -0.983. The van der Waals surface area contributed by atoms with Crippen molar-refractivity contribution in [2.75, 3.05) is 13.0 Å². The van der Waals surface area contributed by atoms with Crippen LogP contribution in [0.25, 0.3) is 0 Å². The van der Waals surface area contributed by atoms with Gasteiger partial charge in [-0.2, -0.15) is 8.42 Å². The monoisotopic (exact) mass is 275 g/mol. The molecule has 1 amide bonds. The predicted octanol–water partition coefficient (Wildman–Crippen LogP) is -0.0529. The fourth-order valence-electron chi connectivity index (χ4n) is 1.28. The van der Waals surface area contributed by atoms with Crippen LogP contribution in [0.2, 0.25) is 0 Å². The molecular formula is C10H13NO6S. The zero-order chi connectivity index (χ0) is 13.8. The van der Waals surface area contributed by atoms with Crippen molar-refractivity contribution in [2.45, 2.75) is 6.42 Å². The number of nitrogens with two attached hydrogens (primary N) is 1. The molecule has 0 spiro atoms. The number of carbonyl (C=O) groups is 1. The SMILES string of the molecule is COc1cc(CC(N)=O)ccc1OCS(=O)(=O)O. The van der Waals surface area contributed by atoms with E-state index in [1.54, 1.807) is 6.07 Å². The minimum atomic E-state index is -4.23. The quantitative estimate of drug-likeness (QED) is 0.703. The maximum Gasteiger partial charge on any atom is 0.300 e. The van der Waals surface area contributed by atoms with Gasteiger partial charge in [0.2, 0.25) is 11.8 Å². The number of hydrogen-bond acceptors (Lipinski definition) is 5. The Morgan fingerprint density at radius 1 is 1.39 bits per heavy atom. The van der Waals surface area contributed by atoms with Crippen molar-refractivity contribution >= 4 is 16.0 Å². The third kappa shape index (κ3) is 4.60. The van der Waals surface area contributed by atoms with Gasteiger partial charge in [0.05, 0.1) is 13.5 Å². The van der Waals surface area contributed by atoms with E-state index in [0.717, 1.165) is 0 Å². The van der Waals surface area contributed by atoms with E-state index >= 15 is 0 Å². The summed E-state index contributed by atoms with van der Waals surface area (Å²) in [6.07, 6.45) is 0.0366. The second-order valence-corrected chi connectivity index (χ2v) is 4.87. The van der Waals surface area contributed by atoms with Crippen LogP contribution in [0.3, 0.4) is 0 Å². The topological polar surface area (TPSA) is 116 Å². The van der Waals surface area contributed by atoms with Gasteiger partial charge in [0.25, 0.3) is 0 Å². The molecule has 0 unspecified atom stereocenters. The first-order chi connectivity index (χ1) is 8.31. The van der Waals surface area contributed by atoms with Crippen LogP contribution in [0.15, 0.2) is 18.2 Å². The molecule has 0 bridgehead atoms. The number of ether oxygens (including phenoxy) is 2. The maximum atomic E-state index is 10.7. The Bertz CT molecular complexity index is 539. The predicted molar refractivity (Wildman–Crippen MR) is 62.9 cm³/mol. The highest BCUT2D eigenvalue weighted by Crippen LogP contribution is 2.28. The van der Waals surface area contributed by atoms with Crippen LogP contribution in [-0.4, -0.2) is 31.9 Å². The standard InChI is InChI=1S/C10H13NO6S/c1-16-9-4-7(5-10(11)12)2-3-8(9)17-6-18(13,14)15/h2-4H,5-6H2,1H3,(H2,11,12)(H,13,14,15). The van der Waals surface area contributed by atoms with Crippen LogP contribution in [0, 0.1) is 0 Å². The summed E-state index contributed by atoms with van der Waals surface area (Å²) in [4.78, 5) is 10.7. The van der Waals surface area contributed by atoms with Crippen molar-refractivity contribution in [1.82, 2.24) is 0 Å². The number of amides is 1. The van der Waals surface area contributed by atoms with E-state index in [-0.39, 0.29) is 17.9 Å². The molecule has 0 aliphatic carbocycles. The van der Waals surface area contributed by atoms with Crippen molar-refractivity contribution in [1.29, 1.82) is 0 Å². The molecular weight excluding hydrogens is 262 g/mol. The van der Waals surface area contributed by atoms with Crippen LogP contribution < -0.4 is 15.2 Å². The van der Waals surface area contributed by atoms with Gasteiger partial charge in [-0.1, -0.05) is 6.07 Å². The molecule has 1 aromatic rings. The van der Waals surface area contributed by atoms with E-state index in [1.807, 2.05) is 0 Å². The van der Waals surface area contributed by atoms with Crippen molar-refractivity contribution in [3.63, 3.8) is 0 Å². The van der Waals surface area contributed by atoms with Crippen LogP contribution >= 0.6 is 0 Å². The lowest BCUT2D eigenvalue weighted by Gasteiger charge is -2.10. The number of carbonyl (C=O) groups excluding carboxylic acids is 1. The first-order valence-corrected chi connectivity index (χ1v) is 6.46. The molecule has 7 nitrogen and oxygen atoms in total. The van der Waals surface area contributed by atoms with Crippen molar-refractivity contribution in [3.05, 3.63) is 23.8 Å². The lowest BCUT2D eigenvalue weighted by atomic mass is 10.1. The highest BCUT2D eigenvalue weighted by atomic mass is 32.2. The smallest absolute Gasteiger partial charge is 0.300 e. The summed E-state index contributed by atoms with van der Waals surface area (Å²) >= 11 is 0. The molecule has 1 rings (SSSR count). The van der Waals surface area contributed by atoms with Gasteiger partial charge in [-0.25, -0.2) is 0 Å². The highest BCUT2D eigenvalue weighted by Gasteiger charge is 2.11. The summed E-state index contributed by atoms with van der Waals surface area (Å²) in [6.45, 7) is 0. The zero-order valence-corrected chi connectivity index (χ0v) is 10.4. The van der Waals surface area contributed by atoms with E-state index in [1.165, 1.54) is 19.2 Å². The van der Waals surface area contributed by atoms with Gasteiger partial charge in [-0.3, -0.25) is 9.35 Å². The van der Waals surface area contributed by atoms with E-state index in [4.69, 9.17) is 19.8 Å². The molecule has 0 atom stereocenters. The maximum absolute atomic E-state index is 10.7. The fourth-order valence-corrected chi connectivity index (χ4v) is 1.56. The van der Waals surface area contributed by atoms with Gasteiger partial charge in [0.15, 0.2) is 11.5 Å². The summed E-state index contributed by atoms with van der Waals surface area (Å²) in [6, 6.07) is 4.49. The minimum Gasteiger partial charge on any atom is -0.493 e. The summed E-state index contributed by atoms with van der Waals surface area (Å²) < 4.78 is 39.5. The lowest BCUT2D eigenvalue weighted by Crippen LogP contribution is -2.14. The Hall–Kier alpha value is -1.80. The molecule has 3 N–H and O–H groups in total.